The molecule has 0 amide bonds. The molecule has 0 aromatic carbocycles. The standard InChI is InChI=1S/C12H16O2/c1-2-3-6-14-12(13)11-8-9-4-5-10(11)7-9/h2-3,6,9-11H,1,4-5,7-8H2. The molecule has 2 heteroatoms. The molecule has 3 unspecified atom stereocenters. The Kier molecular flexibility index (Phi) is 2.71. The lowest BCUT2D eigenvalue weighted by Gasteiger charge is -2.18. The maximum absolute atomic E-state index is 11.6. The number of hydrogen-bond acceptors (Lipinski definition) is 2. The molecule has 2 saturated carbocycles. The molecule has 2 nitrogen and oxygen atoms in total. The molecule has 3 atom stereocenters. The summed E-state index contributed by atoms with van der Waals surface area (Å²) in [5.74, 6) is 1.52. The van der Waals surface area contributed by atoms with Gasteiger partial charge in [0.1, 0.15) is 0 Å². The van der Waals surface area contributed by atoms with Gasteiger partial charge in [0.25, 0.3) is 0 Å². The van der Waals surface area contributed by atoms with Gasteiger partial charge in [-0.05, 0) is 37.2 Å². The molecule has 2 fully saturated rings. The molecule has 0 N–H and O–H groups in total. The van der Waals surface area contributed by atoms with Crippen LogP contribution in [0.5, 0.6) is 0 Å². The molecule has 0 aromatic rings. The Morgan fingerprint density at radius 1 is 1.36 bits per heavy atom. The van der Waals surface area contributed by atoms with Crippen molar-refractivity contribution in [1.29, 1.82) is 0 Å². The number of ether oxygens (including phenoxy) is 1. The van der Waals surface area contributed by atoms with E-state index < -0.39 is 0 Å². The van der Waals surface area contributed by atoms with Crippen LogP contribution in [0, 0.1) is 17.8 Å². The molecule has 76 valence electrons. The van der Waals surface area contributed by atoms with E-state index in [0.29, 0.717) is 5.92 Å². The zero-order valence-electron chi connectivity index (χ0n) is 8.32. The molecule has 0 spiro atoms. The predicted molar refractivity (Wildman–Crippen MR) is 54.4 cm³/mol. The van der Waals surface area contributed by atoms with Crippen LogP contribution in [0.2, 0.25) is 0 Å². The van der Waals surface area contributed by atoms with Crippen molar-refractivity contribution in [1.82, 2.24) is 0 Å². The topological polar surface area (TPSA) is 26.3 Å². The molecule has 0 heterocycles. The second-order valence-electron chi connectivity index (χ2n) is 4.28. The Labute approximate surface area is 84.6 Å². The maximum atomic E-state index is 11.6. The molecule has 14 heavy (non-hydrogen) atoms. The van der Waals surface area contributed by atoms with E-state index in [1.165, 1.54) is 25.5 Å². The summed E-state index contributed by atoms with van der Waals surface area (Å²) in [4.78, 5) is 11.6. The summed E-state index contributed by atoms with van der Waals surface area (Å²) >= 11 is 0. The molecule has 2 aliphatic carbocycles. The number of hydrogen-bond donors (Lipinski definition) is 0. The summed E-state index contributed by atoms with van der Waals surface area (Å²) in [6, 6.07) is 0. The minimum Gasteiger partial charge on any atom is -0.434 e. The SMILES string of the molecule is C=CC=COC(=O)C1CC2CCC1C2. The summed E-state index contributed by atoms with van der Waals surface area (Å²) in [7, 11) is 0. The van der Waals surface area contributed by atoms with Crippen LogP contribution in [0.4, 0.5) is 0 Å². The van der Waals surface area contributed by atoms with Crippen LogP contribution in [0.25, 0.3) is 0 Å². The maximum Gasteiger partial charge on any atom is 0.314 e. The second kappa shape index (κ2) is 3.99. The van der Waals surface area contributed by atoms with Gasteiger partial charge in [-0.2, -0.15) is 0 Å². The first-order valence-electron chi connectivity index (χ1n) is 5.29. The van der Waals surface area contributed by atoms with Crippen LogP contribution in [0.1, 0.15) is 25.7 Å². The minimum absolute atomic E-state index is 0.0460. The van der Waals surface area contributed by atoms with Gasteiger partial charge in [-0.25, -0.2) is 0 Å². The Balaban J connectivity index is 1.86. The molecular formula is C12H16O2. The van der Waals surface area contributed by atoms with Gasteiger partial charge in [0.15, 0.2) is 0 Å². The van der Waals surface area contributed by atoms with Crippen molar-refractivity contribution < 1.29 is 9.53 Å². The minimum atomic E-state index is -0.0460. The molecule has 2 bridgehead atoms. The lowest BCUT2D eigenvalue weighted by atomic mass is 9.89. The first kappa shape index (κ1) is 9.50. The van der Waals surface area contributed by atoms with Crippen molar-refractivity contribution >= 4 is 5.97 Å². The third kappa shape index (κ3) is 1.74. The number of carbonyl (C=O) groups is 1. The number of allylic oxidation sites excluding steroid dienone is 2. The van der Waals surface area contributed by atoms with Crippen LogP contribution in [0.3, 0.4) is 0 Å². The van der Waals surface area contributed by atoms with Crippen molar-refractivity contribution in [3.63, 3.8) is 0 Å². The van der Waals surface area contributed by atoms with Crippen molar-refractivity contribution in [2.45, 2.75) is 25.7 Å². The van der Waals surface area contributed by atoms with Crippen LogP contribution in [-0.2, 0) is 9.53 Å². The quantitative estimate of drug-likeness (QED) is 0.390. The number of esters is 1. The zero-order chi connectivity index (χ0) is 9.97. The van der Waals surface area contributed by atoms with Gasteiger partial charge < -0.3 is 4.74 Å². The third-order valence-corrected chi connectivity index (χ3v) is 3.44. The summed E-state index contributed by atoms with van der Waals surface area (Å²) in [5, 5.41) is 0. The van der Waals surface area contributed by atoms with Crippen LogP contribution in [-0.4, -0.2) is 5.97 Å². The van der Waals surface area contributed by atoms with E-state index in [4.69, 9.17) is 4.74 Å². The number of rotatable bonds is 3. The molecule has 0 radical (unpaired) electrons. The average Bonchev–Trinajstić information content (AvgIpc) is 2.79. The van der Waals surface area contributed by atoms with Crippen molar-refractivity contribution in [3.05, 3.63) is 25.0 Å². The fourth-order valence-corrected chi connectivity index (χ4v) is 2.78. The number of fused-ring (bicyclic) bond motifs is 2. The zero-order valence-corrected chi connectivity index (χ0v) is 8.32. The predicted octanol–water partition coefficient (Wildman–Crippen LogP) is 2.67. The van der Waals surface area contributed by atoms with Gasteiger partial charge in [0, 0.05) is 0 Å². The van der Waals surface area contributed by atoms with E-state index >= 15 is 0 Å². The van der Waals surface area contributed by atoms with E-state index in [-0.39, 0.29) is 11.9 Å². The lowest BCUT2D eigenvalue weighted by molar-refractivity contribution is -0.144. The highest BCUT2D eigenvalue weighted by Gasteiger charge is 2.43. The Morgan fingerprint density at radius 2 is 2.21 bits per heavy atom. The van der Waals surface area contributed by atoms with E-state index in [1.807, 2.05) is 0 Å². The number of carbonyl (C=O) groups excluding carboxylic acids is 1. The largest absolute Gasteiger partial charge is 0.434 e. The normalized spacial score (nSPS) is 35.0. The Bertz CT molecular complexity index is 267. The smallest absolute Gasteiger partial charge is 0.314 e. The molecule has 2 rings (SSSR count). The van der Waals surface area contributed by atoms with Crippen LogP contribution in [0.15, 0.2) is 25.0 Å². The third-order valence-electron chi connectivity index (χ3n) is 3.44. The van der Waals surface area contributed by atoms with Gasteiger partial charge in [-0.3, -0.25) is 4.79 Å². The molecule has 0 aliphatic heterocycles. The van der Waals surface area contributed by atoms with Crippen molar-refractivity contribution in [3.8, 4) is 0 Å². The van der Waals surface area contributed by atoms with Gasteiger partial charge in [0.05, 0.1) is 12.2 Å². The van der Waals surface area contributed by atoms with Crippen LogP contribution >= 0.6 is 0 Å². The highest BCUT2D eigenvalue weighted by Crippen LogP contribution is 2.48. The summed E-state index contributed by atoms with van der Waals surface area (Å²) in [6.45, 7) is 3.52. The monoisotopic (exact) mass is 192 g/mol. The fourth-order valence-electron chi connectivity index (χ4n) is 2.78. The summed E-state index contributed by atoms with van der Waals surface area (Å²) in [6.07, 6.45) is 9.50. The van der Waals surface area contributed by atoms with E-state index in [9.17, 15) is 4.79 Å². The Hall–Kier alpha value is -1.05. The first-order valence-corrected chi connectivity index (χ1v) is 5.29. The van der Waals surface area contributed by atoms with Gasteiger partial charge in [-0.15, -0.1) is 0 Å². The van der Waals surface area contributed by atoms with Crippen molar-refractivity contribution in [2.24, 2.45) is 17.8 Å². The van der Waals surface area contributed by atoms with Gasteiger partial charge in [-0.1, -0.05) is 19.1 Å². The average molecular weight is 192 g/mol. The van der Waals surface area contributed by atoms with E-state index in [0.717, 1.165) is 12.3 Å². The van der Waals surface area contributed by atoms with Crippen LogP contribution < -0.4 is 0 Å². The molecular weight excluding hydrogens is 176 g/mol. The summed E-state index contributed by atoms with van der Waals surface area (Å²) in [5.41, 5.74) is 0. The van der Waals surface area contributed by atoms with E-state index in [1.54, 1.807) is 12.2 Å². The van der Waals surface area contributed by atoms with Crippen molar-refractivity contribution in [2.75, 3.05) is 0 Å². The summed E-state index contributed by atoms with van der Waals surface area (Å²) < 4.78 is 5.03. The second-order valence-corrected chi connectivity index (χ2v) is 4.28. The molecule has 0 saturated heterocycles. The van der Waals surface area contributed by atoms with Gasteiger partial charge >= 0.3 is 5.97 Å². The highest BCUT2D eigenvalue weighted by molar-refractivity contribution is 5.74. The van der Waals surface area contributed by atoms with Gasteiger partial charge in [0.2, 0.25) is 0 Å². The van der Waals surface area contributed by atoms with E-state index in [2.05, 4.69) is 6.58 Å². The first-order chi connectivity index (χ1) is 6.81. The Morgan fingerprint density at radius 3 is 2.79 bits per heavy atom. The lowest BCUT2D eigenvalue weighted by Crippen LogP contribution is -2.21. The molecule has 2 aliphatic rings. The molecule has 0 aromatic heterocycles. The highest BCUT2D eigenvalue weighted by atomic mass is 16.5. The fraction of sp³-hybridized carbons (Fsp3) is 0.583.